The number of aryl methyl sites for hydroxylation is 1. The highest BCUT2D eigenvalue weighted by Gasteiger charge is 2.09. The average molecular weight is 299 g/mol. The number of fused-ring (bicyclic) bond motifs is 1. The van der Waals surface area contributed by atoms with Gasteiger partial charge in [0.15, 0.2) is 5.65 Å². The molecule has 0 aliphatic rings. The van der Waals surface area contributed by atoms with Crippen molar-refractivity contribution in [3.05, 3.63) is 46.4 Å². The largest absolute Gasteiger partial charge is 0.492 e. The van der Waals surface area contributed by atoms with Crippen molar-refractivity contribution in [2.45, 2.75) is 6.92 Å². The molecule has 7 heteroatoms. The molecule has 0 saturated heterocycles. The van der Waals surface area contributed by atoms with Gasteiger partial charge in [-0.25, -0.2) is 0 Å². The second-order valence-electron chi connectivity index (χ2n) is 5.11. The summed E-state index contributed by atoms with van der Waals surface area (Å²) in [5.41, 5.74) is 1.42. The van der Waals surface area contributed by atoms with Gasteiger partial charge in [0.2, 0.25) is 5.95 Å². The van der Waals surface area contributed by atoms with Crippen molar-refractivity contribution < 1.29 is 4.74 Å². The minimum absolute atomic E-state index is 0.208. The van der Waals surface area contributed by atoms with Gasteiger partial charge in [0.05, 0.1) is 12.7 Å². The van der Waals surface area contributed by atoms with E-state index in [1.54, 1.807) is 0 Å². The van der Waals surface area contributed by atoms with E-state index in [4.69, 9.17) is 4.74 Å². The molecule has 2 N–H and O–H groups in total. The van der Waals surface area contributed by atoms with Crippen LogP contribution in [0.2, 0.25) is 0 Å². The van der Waals surface area contributed by atoms with Crippen LogP contribution in [0.5, 0.6) is 5.75 Å². The number of aromatic nitrogens is 4. The molecular formula is C15H17N5O2. The van der Waals surface area contributed by atoms with Crippen LogP contribution in [0.4, 0.5) is 5.95 Å². The Morgan fingerprint density at radius 2 is 2.23 bits per heavy atom. The Balaban J connectivity index is 1.65. The molecule has 0 spiro atoms. The van der Waals surface area contributed by atoms with Gasteiger partial charge in [-0.3, -0.25) is 14.9 Å². The number of hydrogen-bond acceptors (Lipinski definition) is 5. The van der Waals surface area contributed by atoms with Gasteiger partial charge < -0.3 is 9.64 Å². The number of likely N-dealkylation sites (N-methyl/N-ethyl adjacent to an activating group) is 1. The Morgan fingerprint density at radius 1 is 1.36 bits per heavy atom. The summed E-state index contributed by atoms with van der Waals surface area (Å²) in [7, 11) is 1.85. The molecule has 114 valence electrons. The SMILES string of the molecule is Cc1cccc(OCCN(C)c2nc3[nH]ncc3c(=O)[nH]2)c1. The van der Waals surface area contributed by atoms with Crippen molar-refractivity contribution in [2.75, 3.05) is 25.1 Å². The van der Waals surface area contributed by atoms with E-state index in [1.807, 2.05) is 43.1 Å². The normalized spacial score (nSPS) is 10.8. The summed E-state index contributed by atoms with van der Waals surface area (Å²) >= 11 is 0. The smallest absolute Gasteiger partial charge is 0.263 e. The number of ether oxygens (including phenoxy) is 1. The molecule has 0 radical (unpaired) electrons. The molecule has 3 aromatic rings. The minimum Gasteiger partial charge on any atom is -0.492 e. The summed E-state index contributed by atoms with van der Waals surface area (Å²) in [5, 5.41) is 6.98. The van der Waals surface area contributed by atoms with Crippen LogP contribution < -0.4 is 15.2 Å². The number of anilines is 1. The minimum atomic E-state index is -0.208. The lowest BCUT2D eigenvalue weighted by molar-refractivity contribution is 0.325. The second-order valence-corrected chi connectivity index (χ2v) is 5.11. The average Bonchev–Trinajstić information content (AvgIpc) is 2.96. The number of hydrogen-bond donors (Lipinski definition) is 2. The predicted octanol–water partition coefficient (Wildman–Crippen LogP) is 1.47. The summed E-state index contributed by atoms with van der Waals surface area (Å²) in [6.07, 6.45) is 1.46. The van der Waals surface area contributed by atoms with E-state index < -0.39 is 0 Å². The fraction of sp³-hybridized carbons (Fsp3) is 0.267. The van der Waals surface area contributed by atoms with Crippen LogP contribution in [-0.2, 0) is 0 Å². The molecule has 0 saturated carbocycles. The van der Waals surface area contributed by atoms with Crippen molar-refractivity contribution in [3.8, 4) is 5.75 Å². The van der Waals surface area contributed by atoms with Crippen molar-refractivity contribution in [2.24, 2.45) is 0 Å². The highest BCUT2D eigenvalue weighted by atomic mass is 16.5. The molecule has 3 rings (SSSR count). The summed E-state index contributed by atoms with van der Waals surface area (Å²) < 4.78 is 5.70. The molecule has 7 nitrogen and oxygen atoms in total. The summed E-state index contributed by atoms with van der Waals surface area (Å²) in [5.74, 6) is 1.31. The van der Waals surface area contributed by atoms with E-state index in [1.165, 1.54) is 6.20 Å². The molecule has 0 fully saturated rings. The first kappa shape index (κ1) is 14.1. The zero-order chi connectivity index (χ0) is 15.5. The van der Waals surface area contributed by atoms with Crippen LogP contribution in [0.3, 0.4) is 0 Å². The van der Waals surface area contributed by atoms with Crippen molar-refractivity contribution in [1.82, 2.24) is 20.2 Å². The second kappa shape index (κ2) is 5.88. The van der Waals surface area contributed by atoms with Crippen LogP contribution in [-0.4, -0.2) is 40.4 Å². The monoisotopic (exact) mass is 299 g/mol. The van der Waals surface area contributed by atoms with Gasteiger partial charge in [-0.2, -0.15) is 10.1 Å². The third-order valence-corrected chi connectivity index (χ3v) is 3.35. The molecular weight excluding hydrogens is 282 g/mol. The molecule has 0 bridgehead atoms. The zero-order valence-corrected chi connectivity index (χ0v) is 12.5. The summed E-state index contributed by atoms with van der Waals surface area (Å²) in [4.78, 5) is 20.8. The Bertz CT molecular complexity index is 839. The van der Waals surface area contributed by atoms with Crippen molar-refractivity contribution in [3.63, 3.8) is 0 Å². The third kappa shape index (κ3) is 2.93. The van der Waals surface area contributed by atoms with Crippen LogP contribution in [0.1, 0.15) is 5.56 Å². The Hall–Kier alpha value is -2.83. The van der Waals surface area contributed by atoms with Gasteiger partial charge in [-0.1, -0.05) is 12.1 Å². The number of H-pyrrole nitrogens is 2. The Labute approximate surface area is 127 Å². The van der Waals surface area contributed by atoms with Gasteiger partial charge in [-0.05, 0) is 24.6 Å². The van der Waals surface area contributed by atoms with Crippen LogP contribution >= 0.6 is 0 Å². The van der Waals surface area contributed by atoms with Crippen molar-refractivity contribution in [1.29, 1.82) is 0 Å². The van der Waals surface area contributed by atoms with Crippen LogP contribution in [0, 0.1) is 6.92 Å². The first-order chi connectivity index (χ1) is 10.6. The highest BCUT2D eigenvalue weighted by Crippen LogP contribution is 2.12. The van der Waals surface area contributed by atoms with E-state index in [0.29, 0.717) is 30.1 Å². The van der Waals surface area contributed by atoms with Gasteiger partial charge >= 0.3 is 0 Å². The summed E-state index contributed by atoms with van der Waals surface area (Å²) in [6.45, 7) is 3.11. The molecule has 2 aromatic heterocycles. The van der Waals surface area contributed by atoms with Gasteiger partial charge in [0.25, 0.3) is 5.56 Å². The maximum atomic E-state index is 11.9. The van der Waals surface area contributed by atoms with E-state index in [-0.39, 0.29) is 5.56 Å². The van der Waals surface area contributed by atoms with Crippen LogP contribution in [0.25, 0.3) is 11.0 Å². The zero-order valence-electron chi connectivity index (χ0n) is 12.5. The lowest BCUT2D eigenvalue weighted by atomic mass is 10.2. The van der Waals surface area contributed by atoms with Gasteiger partial charge in [0.1, 0.15) is 17.7 Å². The van der Waals surface area contributed by atoms with Crippen molar-refractivity contribution >= 4 is 17.0 Å². The predicted molar refractivity (Wildman–Crippen MR) is 84.5 cm³/mol. The molecule has 0 unspecified atom stereocenters. The number of aromatic amines is 2. The highest BCUT2D eigenvalue weighted by molar-refractivity contribution is 5.73. The van der Waals surface area contributed by atoms with E-state index in [0.717, 1.165) is 11.3 Å². The molecule has 0 aliphatic heterocycles. The van der Waals surface area contributed by atoms with Gasteiger partial charge in [0, 0.05) is 7.05 Å². The molecule has 1 aromatic carbocycles. The number of benzene rings is 1. The first-order valence-corrected chi connectivity index (χ1v) is 6.97. The standard InChI is InChI=1S/C15H17N5O2/c1-10-4-3-5-11(8-10)22-7-6-20(2)15-17-13-12(9-16-19-13)14(21)18-15/h3-5,8-9H,6-7H2,1-2H3,(H2,16,17,18,19,21). The molecule has 0 atom stereocenters. The topological polar surface area (TPSA) is 86.9 Å². The van der Waals surface area contributed by atoms with E-state index in [9.17, 15) is 4.79 Å². The maximum Gasteiger partial charge on any atom is 0.263 e. The lowest BCUT2D eigenvalue weighted by Gasteiger charge is -2.17. The van der Waals surface area contributed by atoms with E-state index >= 15 is 0 Å². The Kier molecular flexibility index (Phi) is 3.78. The fourth-order valence-corrected chi connectivity index (χ4v) is 2.13. The maximum absolute atomic E-state index is 11.9. The lowest BCUT2D eigenvalue weighted by Crippen LogP contribution is -2.27. The molecule has 2 heterocycles. The number of nitrogens with one attached hydrogen (secondary N) is 2. The summed E-state index contributed by atoms with van der Waals surface area (Å²) in [6, 6.07) is 7.88. The van der Waals surface area contributed by atoms with Gasteiger partial charge in [-0.15, -0.1) is 0 Å². The molecule has 0 amide bonds. The first-order valence-electron chi connectivity index (χ1n) is 6.97. The quantitative estimate of drug-likeness (QED) is 0.745. The molecule has 22 heavy (non-hydrogen) atoms. The Morgan fingerprint density at radius 3 is 3.05 bits per heavy atom. The van der Waals surface area contributed by atoms with Crippen LogP contribution in [0.15, 0.2) is 35.3 Å². The molecule has 0 aliphatic carbocycles. The van der Waals surface area contributed by atoms with E-state index in [2.05, 4.69) is 20.2 Å². The fourth-order valence-electron chi connectivity index (χ4n) is 2.13. The third-order valence-electron chi connectivity index (χ3n) is 3.35. The number of rotatable bonds is 5. The number of nitrogens with zero attached hydrogens (tertiary/aromatic N) is 3.